The third kappa shape index (κ3) is 4.50. The quantitative estimate of drug-likeness (QED) is 0.178. The van der Waals surface area contributed by atoms with Crippen molar-refractivity contribution in [1.82, 2.24) is 10.0 Å². The fraction of sp³-hybridized carbons (Fsp3) is 0.194. The van der Waals surface area contributed by atoms with Gasteiger partial charge in [-0.25, -0.2) is 27.6 Å². The maximum Gasteiger partial charge on any atom is 0.148 e. The summed E-state index contributed by atoms with van der Waals surface area (Å²) in [6, 6.07) is 16.3. The standard InChI is InChI=1S/C31H22F4N4O3/c32-21-9-1-17(2-10-21)27-25-28(18-3-11-22(33)12-4-18)39(37-42)30(20-7-15-24(35)16-8-20)26(31(25)40)29(38(27)36-41)19-5-13-23(34)14-6-19/h1-16,25-30H/t25?,26?,27-,28-,29+,30+. The second-order valence-electron chi connectivity index (χ2n) is 10.4. The Morgan fingerprint density at radius 2 is 0.643 bits per heavy atom. The first kappa shape index (κ1) is 27.3. The van der Waals surface area contributed by atoms with Crippen LogP contribution in [0.1, 0.15) is 46.4 Å². The molecular formula is C31H22F4N4O3. The van der Waals surface area contributed by atoms with Crippen LogP contribution in [-0.4, -0.2) is 15.8 Å². The minimum absolute atomic E-state index is 0.359. The van der Waals surface area contributed by atoms with Gasteiger partial charge in [0.1, 0.15) is 29.1 Å². The number of hydrogen-bond acceptors (Lipinski definition) is 5. The highest BCUT2D eigenvalue weighted by Gasteiger charge is 2.62. The maximum atomic E-state index is 14.7. The van der Waals surface area contributed by atoms with E-state index in [1.54, 1.807) is 0 Å². The van der Waals surface area contributed by atoms with Gasteiger partial charge < -0.3 is 0 Å². The van der Waals surface area contributed by atoms with E-state index in [0.717, 1.165) is 0 Å². The number of Topliss-reactive ketones (excluding diaryl/α,β-unsaturated/α-hetero) is 1. The molecule has 2 heterocycles. The zero-order valence-electron chi connectivity index (χ0n) is 21.7. The number of halogens is 4. The van der Waals surface area contributed by atoms with Crippen LogP contribution in [0.15, 0.2) is 108 Å². The zero-order chi connectivity index (χ0) is 29.5. The van der Waals surface area contributed by atoms with E-state index < -0.39 is 59.3 Å². The minimum Gasteiger partial charge on any atom is -0.299 e. The molecule has 2 saturated heterocycles. The molecule has 7 nitrogen and oxygen atoms in total. The third-order valence-electron chi connectivity index (χ3n) is 8.19. The van der Waals surface area contributed by atoms with Gasteiger partial charge in [-0.3, -0.25) is 4.79 Å². The fourth-order valence-electron chi connectivity index (χ4n) is 6.48. The lowest BCUT2D eigenvalue weighted by molar-refractivity contribution is -0.166. The molecule has 2 fully saturated rings. The average Bonchev–Trinajstić information content (AvgIpc) is 2.99. The van der Waals surface area contributed by atoms with Crippen LogP contribution >= 0.6 is 0 Å². The van der Waals surface area contributed by atoms with Gasteiger partial charge in [-0.15, -0.1) is 9.81 Å². The molecule has 0 unspecified atom stereocenters. The number of piperidine rings is 2. The first-order valence-electron chi connectivity index (χ1n) is 13.1. The highest BCUT2D eigenvalue weighted by molar-refractivity contribution is 5.89. The van der Waals surface area contributed by atoms with E-state index in [-0.39, 0.29) is 5.78 Å². The number of nitroso groups, excluding NO2 is 2. The molecule has 0 N–H and O–H groups in total. The molecule has 0 aliphatic carbocycles. The number of benzene rings is 4. The van der Waals surface area contributed by atoms with E-state index >= 15 is 0 Å². The Morgan fingerprint density at radius 1 is 0.429 bits per heavy atom. The molecule has 4 aromatic carbocycles. The predicted octanol–water partition coefficient (Wildman–Crippen LogP) is 7.30. The molecule has 0 amide bonds. The van der Waals surface area contributed by atoms with E-state index in [2.05, 4.69) is 10.6 Å². The van der Waals surface area contributed by atoms with Crippen molar-refractivity contribution in [2.75, 3.05) is 0 Å². The summed E-state index contributed by atoms with van der Waals surface area (Å²) >= 11 is 0. The van der Waals surface area contributed by atoms with Crippen molar-refractivity contribution >= 4 is 5.78 Å². The molecule has 6 rings (SSSR count). The maximum absolute atomic E-state index is 14.7. The van der Waals surface area contributed by atoms with Gasteiger partial charge in [0.25, 0.3) is 0 Å². The predicted molar refractivity (Wildman–Crippen MR) is 144 cm³/mol. The summed E-state index contributed by atoms with van der Waals surface area (Å²) in [6.45, 7) is 0. The van der Waals surface area contributed by atoms with Gasteiger partial charge in [0.2, 0.25) is 0 Å². The van der Waals surface area contributed by atoms with Crippen LogP contribution in [0, 0.1) is 44.9 Å². The van der Waals surface area contributed by atoms with E-state index in [4.69, 9.17) is 0 Å². The van der Waals surface area contributed by atoms with E-state index in [9.17, 15) is 32.2 Å². The molecule has 42 heavy (non-hydrogen) atoms. The number of fused-ring (bicyclic) bond motifs is 2. The topological polar surface area (TPSA) is 82.4 Å². The molecule has 0 aromatic heterocycles. The van der Waals surface area contributed by atoms with Crippen LogP contribution in [-0.2, 0) is 4.79 Å². The third-order valence-corrected chi connectivity index (χ3v) is 8.19. The van der Waals surface area contributed by atoms with Crippen molar-refractivity contribution in [2.24, 2.45) is 22.4 Å². The summed E-state index contributed by atoms with van der Waals surface area (Å²) in [5.41, 5.74) is 1.44. The number of carbonyl (C=O) groups excluding carboxylic acids is 1. The summed E-state index contributed by atoms with van der Waals surface area (Å²) < 4.78 is 55.9. The summed E-state index contributed by atoms with van der Waals surface area (Å²) in [6.07, 6.45) is 0. The van der Waals surface area contributed by atoms with Gasteiger partial charge in [-0.2, -0.15) is 0 Å². The number of carbonyl (C=O) groups is 1. The second-order valence-corrected chi connectivity index (χ2v) is 10.4. The summed E-state index contributed by atoms with van der Waals surface area (Å²) in [7, 11) is 0. The van der Waals surface area contributed by atoms with Crippen molar-refractivity contribution < 1.29 is 22.4 Å². The average molecular weight is 575 g/mol. The first-order valence-corrected chi connectivity index (χ1v) is 13.1. The molecule has 11 heteroatoms. The fourth-order valence-corrected chi connectivity index (χ4v) is 6.48. The van der Waals surface area contributed by atoms with Crippen LogP contribution in [0.2, 0.25) is 0 Å². The lowest BCUT2D eigenvalue weighted by Gasteiger charge is -2.57. The van der Waals surface area contributed by atoms with E-state index in [1.807, 2.05) is 0 Å². The highest BCUT2D eigenvalue weighted by atomic mass is 19.1. The van der Waals surface area contributed by atoms with Crippen molar-refractivity contribution in [2.45, 2.75) is 24.2 Å². The van der Waals surface area contributed by atoms with Gasteiger partial charge in [-0.1, -0.05) is 48.5 Å². The summed E-state index contributed by atoms with van der Waals surface area (Å²) in [4.78, 5) is 40.2. The Balaban J connectivity index is 1.64. The Kier molecular flexibility index (Phi) is 7.01. The van der Waals surface area contributed by atoms with E-state index in [0.29, 0.717) is 22.3 Å². The second kappa shape index (κ2) is 10.8. The number of hydrogen-bond donors (Lipinski definition) is 0. The normalized spacial score (nSPS) is 25.3. The first-order chi connectivity index (χ1) is 20.3. The van der Waals surface area contributed by atoms with Crippen LogP contribution in [0.4, 0.5) is 17.6 Å². The molecule has 212 valence electrons. The van der Waals surface area contributed by atoms with Crippen LogP contribution in [0.25, 0.3) is 0 Å². The van der Waals surface area contributed by atoms with Crippen molar-refractivity contribution in [3.8, 4) is 0 Å². The molecular weight excluding hydrogens is 552 g/mol. The number of nitrogens with zero attached hydrogens (tertiary/aromatic N) is 4. The zero-order valence-corrected chi connectivity index (χ0v) is 21.7. The Hall–Kier alpha value is -4.93. The van der Waals surface area contributed by atoms with Gasteiger partial charge >= 0.3 is 0 Å². The number of rotatable bonds is 6. The van der Waals surface area contributed by atoms with Gasteiger partial charge in [-0.05, 0) is 70.8 Å². The molecule has 0 saturated carbocycles. The van der Waals surface area contributed by atoms with Crippen molar-refractivity contribution in [1.29, 1.82) is 0 Å². The monoisotopic (exact) mass is 574 g/mol. The molecule has 2 bridgehead atoms. The van der Waals surface area contributed by atoms with E-state index in [1.165, 1.54) is 107 Å². The van der Waals surface area contributed by atoms with Gasteiger partial charge in [0, 0.05) is 0 Å². The Morgan fingerprint density at radius 3 is 0.833 bits per heavy atom. The summed E-state index contributed by atoms with van der Waals surface area (Å²) in [5.74, 6) is -4.89. The van der Waals surface area contributed by atoms with Crippen LogP contribution < -0.4 is 0 Å². The SMILES string of the molecule is O=NN1[C@H](c2ccc(F)cc2)C2C(=O)C([C@@H]1c1ccc(F)cc1)[C@H](c1ccc(F)cc1)N(N=O)[C@@H]2c1ccc(F)cc1. The minimum atomic E-state index is -1.16. The highest BCUT2D eigenvalue weighted by Crippen LogP contribution is 2.60. The van der Waals surface area contributed by atoms with Gasteiger partial charge in [0.05, 0.1) is 46.6 Å². The lowest BCUT2D eigenvalue weighted by Crippen LogP contribution is -2.60. The van der Waals surface area contributed by atoms with Crippen LogP contribution in [0.3, 0.4) is 0 Å². The molecule has 2 aliphatic heterocycles. The molecule has 0 spiro atoms. The number of ketones is 1. The Bertz CT molecular complexity index is 1390. The molecule has 4 aromatic rings. The van der Waals surface area contributed by atoms with Crippen LogP contribution in [0.5, 0.6) is 0 Å². The smallest absolute Gasteiger partial charge is 0.148 e. The lowest BCUT2D eigenvalue weighted by atomic mass is 9.63. The van der Waals surface area contributed by atoms with Gasteiger partial charge in [0.15, 0.2) is 0 Å². The summed E-state index contributed by atoms with van der Waals surface area (Å²) in [5, 5.41) is 9.09. The largest absolute Gasteiger partial charge is 0.299 e. The van der Waals surface area contributed by atoms with Crippen molar-refractivity contribution in [3.63, 3.8) is 0 Å². The molecule has 2 aliphatic rings. The Labute approximate surface area is 237 Å². The van der Waals surface area contributed by atoms with Crippen molar-refractivity contribution in [3.05, 3.63) is 152 Å². The molecule has 4 atom stereocenters. The molecule has 0 radical (unpaired) electrons.